The van der Waals surface area contributed by atoms with Gasteiger partial charge in [0, 0.05) is 23.3 Å². The van der Waals surface area contributed by atoms with Crippen LogP contribution in [0, 0.1) is 0 Å². The van der Waals surface area contributed by atoms with Crippen LogP contribution >= 0.6 is 0 Å². The van der Waals surface area contributed by atoms with E-state index in [1.165, 1.54) is 0 Å². The summed E-state index contributed by atoms with van der Waals surface area (Å²) >= 11 is 0. The Labute approximate surface area is 133 Å². The molecule has 0 N–H and O–H groups in total. The largest absolute Gasteiger partial charge is 0.300 e. The van der Waals surface area contributed by atoms with E-state index in [-0.39, 0.29) is 5.43 Å². The SMILES string of the molecule is O=c1c(-c2ccccc2)cn(-c2ccccn2)c2ccccc12. The molecule has 0 aliphatic heterocycles. The lowest BCUT2D eigenvalue weighted by atomic mass is 10.0. The van der Waals surface area contributed by atoms with Gasteiger partial charge in [0.15, 0.2) is 5.43 Å². The van der Waals surface area contributed by atoms with Crippen LogP contribution in [0.4, 0.5) is 0 Å². The van der Waals surface area contributed by atoms with E-state index in [0.717, 1.165) is 16.9 Å². The van der Waals surface area contributed by atoms with Crippen LogP contribution in [0.15, 0.2) is 90.0 Å². The van der Waals surface area contributed by atoms with Gasteiger partial charge in [0.05, 0.1) is 5.52 Å². The van der Waals surface area contributed by atoms with Crippen LogP contribution in [-0.4, -0.2) is 9.55 Å². The Balaban J connectivity index is 2.11. The first kappa shape index (κ1) is 13.5. The average Bonchev–Trinajstić information content (AvgIpc) is 2.64. The van der Waals surface area contributed by atoms with Gasteiger partial charge in [-0.3, -0.25) is 4.79 Å². The topological polar surface area (TPSA) is 34.9 Å². The lowest BCUT2D eigenvalue weighted by Crippen LogP contribution is -2.11. The molecule has 0 radical (unpaired) electrons. The number of fused-ring (bicyclic) bond motifs is 1. The van der Waals surface area contributed by atoms with Crippen molar-refractivity contribution in [1.82, 2.24) is 9.55 Å². The highest BCUT2D eigenvalue weighted by Gasteiger charge is 2.11. The molecule has 0 saturated heterocycles. The number of benzene rings is 2. The summed E-state index contributed by atoms with van der Waals surface area (Å²) in [5.41, 5.74) is 2.48. The zero-order valence-electron chi connectivity index (χ0n) is 12.4. The van der Waals surface area contributed by atoms with Gasteiger partial charge in [-0.05, 0) is 29.8 Å². The van der Waals surface area contributed by atoms with E-state index in [1.54, 1.807) is 6.20 Å². The zero-order valence-corrected chi connectivity index (χ0v) is 12.4. The molecule has 0 unspecified atom stereocenters. The maximum absolute atomic E-state index is 12.9. The third-order valence-corrected chi connectivity index (χ3v) is 3.89. The molecule has 4 aromatic rings. The highest BCUT2D eigenvalue weighted by atomic mass is 16.1. The number of rotatable bonds is 2. The van der Waals surface area contributed by atoms with Crippen molar-refractivity contribution in [3.05, 3.63) is 95.4 Å². The molecule has 110 valence electrons. The first-order valence-electron chi connectivity index (χ1n) is 7.46. The van der Waals surface area contributed by atoms with Crippen LogP contribution in [0.5, 0.6) is 0 Å². The molecule has 2 aromatic heterocycles. The monoisotopic (exact) mass is 298 g/mol. The Hall–Kier alpha value is -3.20. The average molecular weight is 298 g/mol. The second-order valence-electron chi connectivity index (χ2n) is 5.31. The minimum atomic E-state index is 0.0407. The molecular weight excluding hydrogens is 284 g/mol. The second-order valence-corrected chi connectivity index (χ2v) is 5.31. The van der Waals surface area contributed by atoms with Crippen molar-refractivity contribution < 1.29 is 0 Å². The van der Waals surface area contributed by atoms with Gasteiger partial charge < -0.3 is 4.57 Å². The molecule has 0 saturated carbocycles. The van der Waals surface area contributed by atoms with Gasteiger partial charge in [-0.1, -0.05) is 48.5 Å². The third kappa shape index (κ3) is 2.32. The predicted molar refractivity (Wildman–Crippen MR) is 92.8 cm³/mol. The van der Waals surface area contributed by atoms with E-state index >= 15 is 0 Å². The Bertz CT molecular complexity index is 1020. The number of aromatic nitrogens is 2. The van der Waals surface area contributed by atoms with Crippen LogP contribution in [0.1, 0.15) is 0 Å². The molecule has 3 nitrogen and oxygen atoms in total. The van der Waals surface area contributed by atoms with Crippen LogP contribution < -0.4 is 5.43 Å². The van der Waals surface area contributed by atoms with Crippen LogP contribution in [-0.2, 0) is 0 Å². The fourth-order valence-electron chi connectivity index (χ4n) is 2.79. The molecule has 0 aliphatic carbocycles. The first-order valence-corrected chi connectivity index (χ1v) is 7.46. The lowest BCUT2D eigenvalue weighted by Gasteiger charge is -2.12. The van der Waals surface area contributed by atoms with E-state index in [1.807, 2.05) is 83.6 Å². The van der Waals surface area contributed by atoms with E-state index in [9.17, 15) is 4.79 Å². The Morgan fingerprint density at radius 2 is 1.52 bits per heavy atom. The summed E-state index contributed by atoms with van der Waals surface area (Å²) in [6.45, 7) is 0. The van der Waals surface area contributed by atoms with Gasteiger partial charge in [0.1, 0.15) is 5.82 Å². The van der Waals surface area contributed by atoms with Crippen molar-refractivity contribution in [2.24, 2.45) is 0 Å². The Morgan fingerprint density at radius 1 is 0.783 bits per heavy atom. The van der Waals surface area contributed by atoms with Gasteiger partial charge in [-0.15, -0.1) is 0 Å². The summed E-state index contributed by atoms with van der Waals surface area (Å²) in [6.07, 6.45) is 3.63. The van der Waals surface area contributed by atoms with Gasteiger partial charge in [-0.25, -0.2) is 4.98 Å². The fourth-order valence-corrected chi connectivity index (χ4v) is 2.79. The maximum atomic E-state index is 12.9. The quantitative estimate of drug-likeness (QED) is 0.559. The normalized spacial score (nSPS) is 10.8. The number of hydrogen-bond donors (Lipinski definition) is 0. The molecule has 0 aliphatic rings. The highest BCUT2D eigenvalue weighted by molar-refractivity contribution is 5.85. The number of nitrogens with zero attached hydrogens (tertiary/aromatic N) is 2. The molecule has 0 spiro atoms. The van der Waals surface area contributed by atoms with Crippen molar-refractivity contribution in [3.63, 3.8) is 0 Å². The van der Waals surface area contributed by atoms with Crippen molar-refractivity contribution in [1.29, 1.82) is 0 Å². The molecule has 0 amide bonds. The van der Waals surface area contributed by atoms with E-state index in [2.05, 4.69) is 4.98 Å². The van der Waals surface area contributed by atoms with E-state index in [0.29, 0.717) is 10.9 Å². The molecule has 2 heterocycles. The van der Waals surface area contributed by atoms with Gasteiger partial charge in [0.25, 0.3) is 0 Å². The number of pyridine rings is 2. The minimum absolute atomic E-state index is 0.0407. The molecule has 2 aromatic carbocycles. The van der Waals surface area contributed by atoms with Gasteiger partial charge in [-0.2, -0.15) is 0 Å². The summed E-state index contributed by atoms with van der Waals surface area (Å²) in [5, 5.41) is 0.694. The molecule has 23 heavy (non-hydrogen) atoms. The summed E-state index contributed by atoms with van der Waals surface area (Å²) in [4.78, 5) is 17.3. The van der Waals surface area contributed by atoms with Crippen LogP contribution in [0.2, 0.25) is 0 Å². The second kappa shape index (κ2) is 5.54. The van der Waals surface area contributed by atoms with E-state index in [4.69, 9.17) is 0 Å². The molecule has 4 rings (SSSR count). The number of hydrogen-bond acceptors (Lipinski definition) is 2. The summed E-state index contributed by atoms with van der Waals surface area (Å²) in [5.74, 6) is 0.792. The fraction of sp³-hybridized carbons (Fsp3) is 0. The smallest absolute Gasteiger partial charge is 0.197 e. The number of para-hydroxylation sites is 1. The summed E-state index contributed by atoms with van der Waals surface area (Å²) in [6, 6.07) is 23.1. The standard InChI is InChI=1S/C20H14N2O/c23-20-16-10-4-5-11-18(16)22(19-12-6-7-13-21-19)14-17(20)15-8-2-1-3-9-15/h1-14H. The van der Waals surface area contributed by atoms with Crippen molar-refractivity contribution >= 4 is 10.9 Å². The molecular formula is C20H14N2O. The molecule has 0 bridgehead atoms. The molecule has 0 fully saturated rings. The van der Waals surface area contributed by atoms with Gasteiger partial charge >= 0.3 is 0 Å². The molecule has 3 heteroatoms. The zero-order chi connectivity index (χ0) is 15.6. The van der Waals surface area contributed by atoms with Crippen molar-refractivity contribution in [2.45, 2.75) is 0 Å². The van der Waals surface area contributed by atoms with E-state index < -0.39 is 0 Å². The Kier molecular flexibility index (Phi) is 3.24. The molecule has 0 atom stereocenters. The first-order chi connectivity index (χ1) is 11.3. The van der Waals surface area contributed by atoms with Crippen LogP contribution in [0.3, 0.4) is 0 Å². The van der Waals surface area contributed by atoms with Crippen LogP contribution in [0.25, 0.3) is 27.8 Å². The maximum Gasteiger partial charge on any atom is 0.197 e. The summed E-state index contributed by atoms with van der Waals surface area (Å²) < 4.78 is 1.97. The highest BCUT2D eigenvalue weighted by Crippen LogP contribution is 2.21. The van der Waals surface area contributed by atoms with Crippen molar-refractivity contribution in [3.8, 4) is 16.9 Å². The van der Waals surface area contributed by atoms with Gasteiger partial charge in [0.2, 0.25) is 0 Å². The third-order valence-electron chi connectivity index (χ3n) is 3.89. The summed E-state index contributed by atoms with van der Waals surface area (Å²) in [7, 11) is 0. The van der Waals surface area contributed by atoms with Crippen molar-refractivity contribution in [2.75, 3.05) is 0 Å². The Morgan fingerprint density at radius 3 is 2.30 bits per heavy atom. The minimum Gasteiger partial charge on any atom is -0.300 e. The predicted octanol–water partition coefficient (Wildman–Crippen LogP) is 4.05. The lowest BCUT2D eigenvalue weighted by molar-refractivity contribution is 1.03.